The molecule has 2 aliphatic carbocycles. The van der Waals surface area contributed by atoms with Gasteiger partial charge in [0, 0.05) is 111 Å². The number of furan rings is 2. The van der Waals surface area contributed by atoms with E-state index in [2.05, 4.69) is 294 Å². The van der Waals surface area contributed by atoms with E-state index < -0.39 is 0 Å². The van der Waals surface area contributed by atoms with Crippen LogP contribution in [0.15, 0.2) is 361 Å². The molecule has 12 heteroatoms. The molecule has 0 amide bonds. The minimum absolute atomic E-state index is 0.0422. The summed E-state index contributed by atoms with van der Waals surface area (Å²) in [5.41, 5.74) is 24.6. The van der Waals surface area contributed by atoms with Crippen molar-refractivity contribution in [1.82, 2.24) is 39.0 Å². The highest BCUT2D eigenvalue weighted by Gasteiger charge is 2.44. The third-order valence-electron chi connectivity index (χ3n) is 22.9. The van der Waals surface area contributed by atoms with Crippen LogP contribution >= 0.6 is 0 Å². The van der Waals surface area contributed by atoms with E-state index in [1.165, 1.54) is 21.9 Å². The Bertz CT molecular complexity index is 7330. The van der Waals surface area contributed by atoms with E-state index in [-0.39, 0.29) is 24.0 Å². The zero-order valence-electron chi connectivity index (χ0n) is 61.2. The van der Waals surface area contributed by atoms with Crippen LogP contribution in [0.3, 0.4) is 0 Å². The number of fused-ring (bicyclic) bond motifs is 20. The Morgan fingerprint density at radius 2 is 0.623 bits per heavy atom. The molecule has 20 aromatic rings. The third-order valence-corrected chi connectivity index (χ3v) is 22.9. The van der Waals surface area contributed by atoms with Gasteiger partial charge in [0.15, 0.2) is 34.9 Å². The van der Waals surface area contributed by atoms with Gasteiger partial charge in [0.25, 0.3) is 0 Å². The fourth-order valence-corrected chi connectivity index (χ4v) is 17.8. The average Bonchev–Trinajstić information content (AvgIpc) is 1.55. The number of ether oxygens (including phenoxy) is 2. The predicted molar refractivity (Wildman–Crippen MR) is 455 cm³/mol. The van der Waals surface area contributed by atoms with Crippen molar-refractivity contribution in [2.75, 3.05) is 0 Å². The topological polar surface area (TPSA) is 132 Å². The van der Waals surface area contributed by atoms with E-state index >= 15 is 0 Å². The molecule has 0 radical (unpaired) electrons. The summed E-state index contributed by atoms with van der Waals surface area (Å²) in [5.74, 6) is 5.13. The highest BCUT2D eigenvalue weighted by molar-refractivity contribution is 6.12. The maximum Gasteiger partial charge on any atom is 0.164 e. The van der Waals surface area contributed by atoms with Crippen molar-refractivity contribution < 1.29 is 18.3 Å². The van der Waals surface area contributed by atoms with Gasteiger partial charge in [0.05, 0.1) is 22.4 Å². The Kier molecular flexibility index (Phi) is 14.9. The Labute approximate surface area is 654 Å². The molecule has 8 heterocycles. The van der Waals surface area contributed by atoms with E-state index in [1.807, 2.05) is 78.9 Å². The number of para-hydroxylation sites is 6. The molecule has 4 aliphatic rings. The second-order valence-electron chi connectivity index (χ2n) is 29.3. The summed E-state index contributed by atoms with van der Waals surface area (Å²) in [5, 5.41) is 6.52. The highest BCUT2D eigenvalue weighted by atomic mass is 16.5. The fraction of sp³-hybridized carbons (Fsp3) is 0.0392. The zero-order chi connectivity index (χ0) is 74.9. The van der Waals surface area contributed by atoms with Crippen molar-refractivity contribution in [2.24, 2.45) is 0 Å². The number of hydrogen-bond donors (Lipinski definition) is 0. The Balaban J connectivity index is 0.000000135. The van der Waals surface area contributed by atoms with Gasteiger partial charge < -0.3 is 27.4 Å². The first-order chi connectivity index (χ1) is 56.5. The first kappa shape index (κ1) is 64.8. The van der Waals surface area contributed by atoms with Crippen molar-refractivity contribution in [2.45, 2.75) is 24.0 Å². The van der Waals surface area contributed by atoms with Gasteiger partial charge in [-0.2, -0.15) is 0 Å². The van der Waals surface area contributed by atoms with E-state index in [0.29, 0.717) is 34.9 Å². The molecule has 2 aliphatic heterocycles. The lowest BCUT2D eigenvalue weighted by molar-refractivity contribution is 0.224. The zero-order valence-corrected chi connectivity index (χ0v) is 61.2. The summed E-state index contributed by atoms with van der Waals surface area (Å²) in [4.78, 5) is 31.4. The smallest absolute Gasteiger partial charge is 0.164 e. The van der Waals surface area contributed by atoms with Crippen LogP contribution in [-0.4, -0.2) is 39.0 Å². The van der Waals surface area contributed by atoms with Crippen LogP contribution in [0.5, 0.6) is 11.5 Å². The molecule has 0 spiro atoms. The molecular formula is C102H64N8O4. The van der Waals surface area contributed by atoms with Crippen molar-refractivity contribution in [3.05, 3.63) is 386 Å². The maximum absolute atomic E-state index is 7.00. The summed E-state index contributed by atoms with van der Waals surface area (Å²) in [6.07, 6.45) is 8.69. The third kappa shape index (κ3) is 10.6. The van der Waals surface area contributed by atoms with Gasteiger partial charge in [-0.1, -0.05) is 267 Å². The molecule has 0 N–H and O–H groups in total. The molecule has 6 aromatic heterocycles. The van der Waals surface area contributed by atoms with Crippen LogP contribution in [0, 0.1) is 0 Å². The lowest BCUT2D eigenvalue weighted by Gasteiger charge is -2.22. The quantitative estimate of drug-likeness (QED) is 0.130. The number of nitrogens with zero attached hydrogens (tertiary/aromatic N) is 8. The van der Waals surface area contributed by atoms with Gasteiger partial charge in [-0.25, -0.2) is 29.9 Å². The molecule has 0 saturated carbocycles. The minimum atomic E-state index is -0.217. The molecule has 0 saturated heterocycles. The molecule has 0 bridgehead atoms. The molecule has 536 valence electrons. The van der Waals surface area contributed by atoms with Gasteiger partial charge in [-0.15, -0.1) is 0 Å². The SMILES string of the molecule is C1=CC2c3c(cccc3-c3nc(-c4ccc(-c5ccccc5)cc4)nc(-c4ccc5c(c4)oc4ccccc45)n3)OC2c2c1n(-c1ccccc1)c1ccccc21.C1=CC2c3c(cccc3-c3nc(-c4cccc(-c5ccccc5)c4)nc(-c4cccc5oc6ccccc6c45)n3)OC2c2c1n(-c1ccccc1)c1ccccc21. The van der Waals surface area contributed by atoms with Gasteiger partial charge in [0.1, 0.15) is 46.0 Å². The minimum Gasteiger partial charge on any atom is -0.484 e. The number of aromatic nitrogens is 8. The Morgan fingerprint density at radius 3 is 1.21 bits per heavy atom. The van der Waals surface area contributed by atoms with Gasteiger partial charge in [0.2, 0.25) is 0 Å². The van der Waals surface area contributed by atoms with Crippen molar-refractivity contribution in [3.8, 4) is 113 Å². The molecule has 114 heavy (non-hydrogen) atoms. The average molecular weight is 1470 g/mol. The standard InChI is InChI=1S/2C51H32N4O2/c1-3-14-31(15-4-1)32-16-11-17-33(30-32)49-52-50(38-22-12-26-43-45(38)36-21-8-10-25-42(36)56-43)54-51(53-49)39-23-13-27-44-46(39)37-28-29-41-47(48(37)57-44)35-20-7-9-24-40(35)55(41)34-18-5-2-6-19-34;1-3-12-31(13-4-1)32-22-24-33(25-23-32)49-52-50(34-26-27-37-36-16-8-10-20-43(36)56-45(37)30-34)54-51(53-49)40-18-11-21-44-46(40)39-28-29-42-47(48(39)57-44)38-17-7-9-19-41(38)55(42)35-14-5-2-6-15-35/h1-30,37,48H;1-30,39,48H. The Hall–Kier alpha value is -15.1. The first-order valence-electron chi connectivity index (χ1n) is 38.5. The van der Waals surface area contributed by atoms with Crippen LogP contribution in [0.4, 0.5) is 0 Å². The lowest BCUT2D eigenvalue weighted by atomic mass is 9.83. The van der Waals surface area contributed by atoms with Crippen LogP contribution < -0.4 is 9.47 Å². The van der Waals surface area contributed by atoms with Crippen LogP contribution in [-0.2, 0) is 0 Å². The fourth-order valence-electron chi connectivity index (χ4n) is 17.8. The monoisotopic (exact) mass is 1460 g/mol. The summed E-state index contributed by atoms with van der Waals surface area (Å²) in [6, 6.07) is 117. The van der Waals surface area contributed by atoms with Gasteiger partial charge in [-0.3, -0.25) is 0 Å². The molecule has 12 nitrogen and oxygen atoms in total. The molecule has 24 rings (SSSR count). The number of rotatable bonds is 10. The second-order valence-corrected chi connectivity index (χ2v) is 29.3. The largest absolute Gasteiger partial charge is 0.484 e. The Morgan fingerprint density at radius 1 is 0.246 bits per heavy atom. The van der Waals surface area contributed by atoms with E-state index in [1.54, 1.807) is 0 Å². The van der Waals surface area contributed by atoms with Gasteiger partial charge in [-0.05, 0) is 119 Å². The summed E-state index contributed by atoms with van der Waals surface area (Å²) in [6.45, 7) is 0. The first-order valence-corrected chi connectivity index (χ1v) is 38.5. The van der Waals surface area contributed by atoms with Crippen molar-refractivity contribution in [3.63, 3.8) is 0 Å². The maximum atomic E-state index is 7.00. The summed E-state index contributed by atoms with van der Waals surface area (Å²) < 4.78 is 31.3. The molecule has 4 atom stereocenters. The highest BCUT2D eigenvalue weighted by Crippen LogP contribution is 2.58. The second kappa shape index (κ2) is 26.3. The molecule has 14 aromatic carbocycles. The van der Waals surface area contributed by atoms with E-state index in [0.717, 1.165) is 156 Å². The normalized spacial score (nSPS) is 15.4. The molecule has 0 fully saturated rings. The lowest BCUT2D eigenvalue weighted by Crippen LogP contribution is -2.14. The van der Waals surface area contributed by atoms with Crippen LogP contribution in [0.1, 0.15) is 57.7 Å². The van der Waals surface area contributed by atoms with Crippen LogP contribution in [0.2, 0.25) is 0 Å². The van der Waals surface area contributed by atoms with Crippen molar-refractivity contribution in [1.29, 1.82) is 0 Å². The number of benzene rings is 14. The van der Waals surface area contributed by atoms with Crippen LogP contribution in [0.25, 0.3) is 180 Å². The predicted octanol–water partition coefficient (Wildman–Crippen LogP) is 25.3. The van der Waals surface area contributed by atoms with Gasteiger partial charge >= 0.3 is 0 Å². The molecule has 4 unspecified atom stereocenters. The summed E-state index contributed by atoms with van der Waals surface area (Å²) >= 11 is 0. The van der Waals surface area contributed by atoms with E-state index in [9.17, 15) is 0 Å². The van der Waals surface area contributed by atoms with Crippen molar-refractivity contribution >= 4 is 77.8 Å². The number of hydrogen-bond acceptors (Lipinski definition) is 10. The molecular weight excluding hydrogens is 1400 g/mol. The van der Waals surface area contributed by atoms with E-state index in [4.69, 9.17) is 48.2 Å². The summed E-state index contributed by atoms with van der Waals surface area (Å²) in [7, 11) is 0.